The van der Waals surface area contributed by atoms with Gasteiger partial charge in [0.15, 0.2) is 0 Å². The predicted molar refractivity (Wildman–Crippen MR) is 71.5 cm³/mol. The van der Waals surface area contributed by atoms with Crippen molar-refractivity contribution in [1.29, 1.82) is 0 Å². The molecule has 18 heavy (non-hydrogen) atoms. The normalized spacial score (nSPS) is 24.1. The third-order valence-electron chi connectivity index (χ3n) is 4.29. The Morgan fingerprint density at radius 3 is 2.28 bits per heavy atom. The molecule has 1 saturated carbocycles. The molecule has 2 rings (SSSR count). The van der Waals surface area contributed by atoms with Gasteiger partial charge in [-0.3, -0.25) is 9.69 Å². The van der Waals surface area contributed by atoms with E-state index in [9.17, 15) is 4.79 Å². The summed E-state index contributed by atoms with van der Waals surface area (Å²) < 4.78 is 4.71. The number of rotatable bonds is 4. The molecule has 0 aromatic heterocycles. The molecule has 1 heterocycles. The molecule has 0 aromatic rings. The summed E-state index contributed by atoms with van der Waals surface area (Å²) in [7, 11) is 1.46. The molecule has 4 nitrogen and oxygen atoms in total. The third-order valence-corrected chi connectivity index (χ3v) is 4.29. The summed E-state index contributed by atoms with van der Waals surface area (Å²) in [6, 6.07) is 0. The highest BCUT2D eigenvalue weighted by atomic mass is 16.5. The zero-order valence-corrected chi connectivity index (χ0v) is 11.6. The van der Waals surface area contributed by atoms with E-state index in [1.807, 2.05) is 0 Å². The van der Waals surface area contributed by atoms with E-state index in [2.05, 4.69) is 9.80 Å². The lowest BCUT2D eigenvalue weighted by Crippen LogP contribution is -2.49. The van der Waals surface area contributed by atoms with E-state index < -0.39 is 0 Å². The van der Waals surface area contributed by atoms with Crippen molar-refractivity contribution in [3.63, 3.8) is 0 Å². The lowest BCUT2D eigenvalue weighted by Gasteiger charge is -2.36. The van der Waals surface area contributed by atoms with Crippen LogP contribution < -0.4 is 0 Å². The van der Waals surface area contributed by atoms with Crippen LogP contribution in [0.2, 0.25) is 0 Å². The molecule has 1 aliphatic heterocycles. The zero-order chi connectivity index (χ0) is 12.8. The number of nitrogens with zero attached hydrogens (tertiary/aromatic N) is 2. The van der Waals surface area contributed by atoms with E-state index in [-0.39, 0.29) is 5.97 Å². The summed E-state index contributed by atoms with van der Waals surface area (Å²) in [6.45, 7) is 5.93. The number of methoxy groups -OCH3 is 1. The smallest absolute Gasteiger partial charge is 0.319 e. The Labute approximate surface area is 110 Å². The maximum Gasteiger partial charge on any atom is 0.319 e. The van der Waals surface area contributed by atoms with Crippen LogP contribution in [-0.4, -0.2) is 62.1 Å². The molecular formula is C14H26N2O2. The van der Waals surface area contributed by atoms with Gasteiger partial charge in [-0.2, -0.15) is 0 Å². The highest BCUT2D eigenvalue weighted by Crippen LogP contribution is 2.24. The Morgan fingerprint density at radius 2 is 1.67 bits per heavy atom. The molecule has 0 N–H and O–H groups in total. The van der Waals surface area contributed by atoms with Crippen LogP contribution >= 0.6 is 0 Å². The first kappa shape index (κ1) is 13.8. The second-order valence-electron chi connectivity index (χ2n) is 5.66. The number of esters is 1. The van der Waals surface area contributed by atoms with E-state index in [0.29, 0.717) is 6.54 Å². The Balaban J connectivity index is 1.65. The largest absolute Gasteiger partial charge is 0.468 e. The molecule has 2 aliphatic rings. The Bertz CT molecular complexity index is 257. The van der Waals surface area contributed by atoms with Gasteiger partial charge in [0.25, 0.3) is 0 Å². The molecule has 0 radical (unpaired) electrons. The van der Waals surface area contributed by atoms with E-state index in [4.69, 9.17) is 4.74 Å². The fourth-order valence-electron chi connectivity index (χ4n) is 3.11. The molecular weight excluding hydrogens is 228 g/mol. The van der Waals surface area contributed by atoms with Crippen molar-refractivity contribution in [2.75, 3.05) is 46.4 Å². The highest BCUT2D eigenvalue weighted by Gasteiger charge is 2.22. The van der Waals surface area contributed by atoms with Crippen molar-refractivity contribution < 1.29 is 9.53 Å². The first-order chi connectivity index (χ1) is 8.78. The maximum absolute atomic E-state index is 11.2. The summed E-state index contributed by atoms with van der Waals surface area (Å²) in [5, 5.41) is 0. The molecule has 4 heteroatoms. The monoisotopic (exact) mass is 254 g/mol. The van der Waals surface area contributed by atoms with Crippen LogP contribution in [0.1, 0.15) is 32.1 Å². The van der Waals surface area contributed by atoms with Crippen LogP contribution in [-0.2, 0) is 9.53 Å². The Morgan fingerprint density at radius 1 is 1.06 bits per heavy atom. The summed E-state index contributed by atoms with van der Waals surface area (Å²) >= 11 is 0. The standard InChI is InChI=1S/C14H26N2O2/c1-18-14(17)12-16-9-7-15(8-10-16)11-13-5-3-2-4-6-13/h13H,2-12H2,1H3. The van der Waals surface area contributed by atoms with Gasteiger partial charge < -0.3 is 9.64 Å². The van der Waals surface area contributed by atoms with E-state index in [1.54, 1.807) is 0 Å². The second-order valence-corrected chi connectivity index (χ2v) is 5.66. The number of hydrogen-bond acceptors (Lipinski definition) is 4. The van der Waals surface area contributed by atoms with E-state index in [1.165, 1.54) is 45.8 Å². The van der Waals surface area contributed by atoms with Crippen LogP contribution in [0, 0.1) is 5.92 Å². The summed E-state index contributed by atoms with van der Waals surface area (Å²) in [5.74, 6) is 0.807. The quantitative estimate of drug-likeness (QED) is 0.709. The SMILES string of the molecule is COC(=O)CN1CCN(CC2CCCCC2)CC1. The third kappa shape index (κ3) is 4.25. The van der Waals surface area contributed by atoms with Gasteiger partial charge in [-0.15, -0.1) is 0 Å². The minimum Gasteiger partial charge on any atom is -0.468 e. The first-order valence-corrected chi connectivity index (χ1v) is 7.29. The lowest BCUT2D eigenvalue weighted by atomic mass is 9.89. The van der Waals surface area contributed by atoms with Gasteiger partial charge in [-0.25, -0.2) is 0 Å². The summed E-state index contributed by atoms with van der Waals surface area (Å²) in [5.41, 5.74) is 0. The van der Waals surface area contributed by atoms with Crippen molar-refractivity contribution in [1.82, 2.24) is 9.80 Å². The van der Waals surface area contributed by atoms with Crippen LogP contribution in [0.15, 0.2) is 0 Å². The molecule has 0 atom stereocenters. The van der Waals surface area contributed by atoms with Crippen LogP contribution in [0.4, 0.5) is 0 Å². The first-order valence-electron chi connectivity index (χ1n) is 7.29. The molecule has 1 saturated heterocycles. The van der Waals surface area contributed by atoms with Crippen molar-refractivity contribution in [3.8, 4) is 0 Å². The Kier molecular flexibility index (Phi) is 5.45. The molecule has 2 fully saturated rings. The predicted octanol–water partition coefficient (Wildman–Crippen LogP) is 1.36. The van der Waals surface area contributed by atoms with Gasteiger partial charge in [-0.1, -0.05) is 19.3 Å². The van der Waals surface area contributed by atoms with Gasteiger partial charge in [0, 0.05) is 32.7 Å². The number of ether oxygens (including phenoxy) is 1. The minimum absolute atomic E-state index is 0.115. The summed E-state index contributed by atoms with van der Waals surface area (Å²) in [6.07, 6.45) is 7.12. The minimum atomic E-state index is -0.115. The molecule has 0 amide bonds. The van der Waals surface area contributed by atoms with Crippen LogP contribution in [0.5, 0.6) is 0 Å². The zero-order valence-electron chi connectivity index (χ0n) is 11.6. The van der Waals surface area contributed by atoms with Crippen molar-refractivity contribution >= 4 is 5.97 Å². The van der Waals surface area contributed by atoms with E-state index >= 15 is 0 Å². The van der Waals surface area contributed by atoms with Gasteiger partial charge in [0.05, 0.1) is 13.7 Å². The molecule has 0 bridgehead atoms. The number of carbonyl (C=O) groups excluding carboxylic acids is 1. The fraction of sp³-hybridized carbons (Fsp3) is 0.929. The fourth-order valence-corrected chi connectivity index (χ4v) is 3.11. The topological polar surface area (TPSA) is 32.8 Å². The number of carbonyl (C=O) groups is 1. The van der Waals surface area contributed by atoms with Gasteiger partial charge >= 0.3 is 5.97 Å². The molecule has 1 aliphatic carbocycles. The average Bonchev–Trinajstić information content (AvgIpc) is 2.42. The lowest BCUT2D eigenvalue weighted by molar-refractivity contribution is -0.142. The second kappa shape index (κ2) is 7.10. The molecule has 0 aromatic carbocycles. The van der Waals surface area contributed by atoms with Gasteiger partial charge in [0.2, 0.25) is 0 Å². The van der Waals surface area contributed by atoms with Crippen molar-refractivity contribution in [2.24, 2.45) is 5.92 Å². The summed E-state index contributed by atoms with van der Waals surface area (Å²) in [4.78, 5) is 16.0. The van der Waals surface area contributed by atoms with Crippen molar-refractivity contribution in [2.45, 2.75) is 32.1 Å². The highest BCUT2D eigenvalue weighted by molar-refractivity contribution is 5.71. The molecule has 0 spiro atoms. The number of hydrogen-bond donors (Lipinski definition) is 0. The van der Waals surface area contributed by atoms with E-state index in [0.717, 1.165) is 32.1 Å². The molecule has 104 valence electrons. The molecule has 0 unspecified atom stereocenters. The van der Waals surface area contributed by atoms with Gasteiger partial charge in [0.1, 0.15) is 0 Å². The van der Waals surface area contributed by atoms with Gasteiger partial charge in [-0.05, 0) is 18.8 Å². The average molecular weight is 254 g/mol. The maximum atomic E-state index is 11.2. The van der Waals surface area contributed by atoms with Crippen LogP contribution in [0.3, 0.4) is 0 Å². The van der Waals surface area contributed by atoms with Crippen LogP contribution in [0.25, 0.3) is 0 Å². The Hall–Kier alpha value is -0.610. The van der Waals surface area contributed by atoms with Crippen molar-refractivity contribution in [3.05, 3.63) is 0 Å². The number of piperazine rings is 1.